The fourth-order valence-electron chi connectivity index (χ4n) is 0.315. The Morgan fingerprint density at radius 1 is 1.20 bits per heavy atom. The molecular formula is C3H5BCl2F3K. The monoisotopic (exact) mass is 218 g/mol. The Bertz CT molecular complexity index is 86.3. The first-order chi connectivity index (χ1) is 3.92. The summed E-state index contributed by atoms with van der Waals surface area (Å²) in [6, 6.07) is 0. The van der Waals surface area contributed by atoms with Crippen LogP contribution in [-0.2, 0) is 0 Å². The molecule has 0 aliphatic heterocycles. The van der Waals surface area contributed by atoms with E-state index in [9.17, 15) is 12.9 Å². The van der Waals surface area contributed by atoms with Crippen LogP contribution >= 0.6 is 23.2 Å². The van der Waals surface area contributed by atoms with E-state index in [1.165, 1.54) is 0 Å². The number of hydrogen-bond acceptors (Lipinski definition) is 0. The normalized spacial score (nSPS) is 11.4. The summed E-state index contributed by atoms with van der Waals surface area (Å²) in [6.07, 6.45) is -1.05. The van der Waals surface area contributed by atoms with E-state index in [1.54, 1.807) is 0 Å². The predicted octanol–water partition coefficient (Wildman–Crippen LogP) is 0.0316. The first kappa shape index (κ1) is 14.6. The maximum atomic E-state index is 11.4. The van der Waals surface area contributed by atoms with Crippen LogP contribution in [-0.4, -0.2) is 11.8 Å². The minimum absolute atomic E-state index is 0. The molecule has 0 heterocycles. The molecule has 0 aliphatic rings. The third-order valence-electron chi connectivity index (χ3n) is 0.712. The average molecular weight is 219 g/mol. The van der Waals surface area contributed by atoms with Crippen molar-refractivity contribution in [1.29, 1.82) is 0 Å². The predicted molar refractivity (Wildman–Crippen MR) is 34.0 cm³/mol. The molecule has 0 fully saturated rings. The van der Waals surface area contributed by atoms with Gasteiger partial charge in [-0.1, -0.05) is 6.32 Å². The molecule has 0 aliphatic carbocycles. The first-order valence-corrected chi connectivity index (χ1v) is 3.28. The van der Waals surface area contributed by atoms with E-state index in [0.29, 0.717) is 0 Å². The molecule has 0 radical (unpaired) electrons. The number of halogens is 5. The van der Waals surface area contributed by atoms with Crippen molar-refractivity contribution in [2.24, 2.45) is 0 Å². The van der Waals surface area contributed by atoms with Crippen LogP contribution in [0.15, 0.2) is 0 Å². The van der Waals surface area contributed by atoms with Gasteiger partial charge in [0.15, 0.2) is 0 Å². The molecule has 0 N–H and O–H groups in total. The van der Waals surface area contributed by atoms with E-state index >= 15 is 0 Å². The Morgan fingerprint density at radius 2 is 1.60 bits per heavy atom. The van der Waals surface area contributed by atoms with Crippen molar-refractivity contribution in [3.05, 3.63) is 0 Å². The number of hydrogen-bond donors (Lipinski definition) is 0. The Morgan fingerprint density at radius 3 is 1.70 bits per heavy atom. The van der Waals surface area contributed by atoms with Crippen molar-refractivity contribution >= 4 is 30.2 Å². The molecule has 0 spiro atoms. The molecule has 10 heavy (non-hydrogen) atoms. The third kappa shape index (κ3) is 12.7. The van der Waals surface area contributed by atoms with Crippen LogP contribution in [0.1, 0.15) is 6.42 Å². The van der Waals surface area contributed by atoms with Crippen molar-refractivity contribution in [3.8, 4) is 0 Å². The Hall–Kier alpha value is 2.07. The zero-order valence-electron chi connectivity index (χ0n) is 5.46. The summed E-state index contributed by atoms with van der Waals surface area (Å²) in [5.74, 6) is 0. The van der Waals surface area contributed by atoms with Crippen LogP contribution in [0.25, 0.3) is 0 Å². The molecule has 56 valence electrons. The van der Waals surface area contributed by atoms with E-state index in [2.05, 4.69) is 0 Å². The maximum absolute atomic E-state index is 11.4. The molecule has 0 bridgehead atoms. The minimum atomic E-state index is -4.70. The fourth-order valence-corrected chi connectivity index (χ4v) is 0.567. The van der Waals surface area contributed by atoms with Gasteiger partial charge in [0, 0.05) is 0 Å². The molecule has 7 heteroatoms. The van der Waals surface area contributed by atoms with Gasteiger partial charge in [0.2, 0.25) is 0 Å². The van der Waals surface area contributed by atoms with Gasteiger partial charge in [0.05, 0.1) is 0 Å². The Labute approximate surface area is 110 Å². The molecule has 0 unspecified atom stereocenters. The second kappa shape index (κ2) is 6.57. The summed E-state index contributed by atoms with van der Waals surface area (Å²) in [5, 5.41) is 0. The van der Waals surface area contributed by atoms with Gasteiger partial charge >= 0.3 is 58.4 Å². The topological polar surface area (TPSA) is 0 Å². The molecule has 0 aromatic heterocycles. The number of rotatable bonds is 3. The van der Waals surface area contributed by atoms with Gasteiger partial charge in [-0.2, -0.15) is 0 Å². The summed E-state index contributed by atoms with van der Waals surface area (Å²) < 4.78 is 34.1. The molecule has 0 rings (SSSR count). The average Bonchev–Trinajstić information content (AvgIpc) is 1.59. The molecular weight excluding hydrogens is 214 g/mol. The molecule has 0 saturated carbocycles. The summed E-state index contributed by atoms with van der Waals surface area (Å²) in [6.45, 7) is -4.70. The molecule has 0 nitrogen and oxygen atoms in total. The van der Waals surface area contributed by atoms with Gasteiger partial charge < -0.3 is 12.9 Å². The van der Waals surface area contributed by atoms with Gasteiger partial charge in [0.25, 0.3) is 0 Å². The first-order valence-electron chi connectivity index (χ1n) is 2.41. The molecule has 0 amide bonds. The van der Waals surface area contributed by atoms with Gasteiger partial charge in [0.1, 0.15) is 4.84 Å². The third-order valence-corrected chi connectivity index (χ3v) is 1.15. The smallest absolute Gasteiger partial charge is 0.449 e. The largest absolute Gasteiger partial charge is 1.00 e. The zero-order chi connectivity index (χ0) is 7.49. The van der Waals surface area contributed by atoms with E-state index in [0.717, 1.165) is 0 Å². The van der Waals surface area contributed by atoms with Gasteiger partial charge in [-0.15, -0.1) is 23.2 Å². The van der Waals surface area contributed by atoms with Crippen molar-refractivity contribution in [2.45, 2.75) is 17.6 Å². The minimum Gasteiger partial charge on any atom is -0.449 e. The quantitative estimate of drug-likeness (QED) is 0.464. The second-order valence-electron chi connectivity index (χ2n) is 1.68. The van der Waals surface area contributed by atoms with E-state index in [4.69, 9.17) is 23.2 Å². The molecule has 0 aromatic rings. The standard InChI is InChI=1S/C3H5BCl2F3.K/c5-3(6)1-2-4(7,8)9;/h3H,1-2H2;/q-1;+1. The van der Waals surface area contributed by atoms with Gasteiger partial charge in [-0.05, 0) is 6.42 Å². The summed E-state index contributed by atoms with van der Waals surface area (Å²) in [5.41, 5.74) is 0. The number of alkyl halides is 2. The Kier molecular flexibility index (Phi) is 9.59. The molecule has 0 aromatic carbocycles. The maximum Gasteiger partial charge on any atom is 1.00 e. The molecule has 0 saturated heterocycles. The van der Waals surface area contributed by atoms with Crippen molar-refractivity contribution in [2.75, 3.05) is 0 Å². The van der Waals surface area contributed by atoms with Crippen molar-refractivity contribution < 1.29 is 64.3 Å². The molecule has 0 atom stereocenters. The van der Waals surface area contributed by atoms with E-state index in [-0.39, 0.29) is 57.8 Å². The second-order valence-corrected chi connectivity index (χ2v) is 2.96. The van der Waals surface area contributed by atoms with Gasteiger partial charge in [-0.3, -0.25) is 0 Å². The van der Waals surface area contributed by atoms with Crippen LogP contribution in [0.5, 0.6) is 0 Å². The SMILES string of the molecule is F[B-](F)(F)CCC(Cl)Cl.[K+]. The van der Waals surface area contributed by atoms with Crippen molar-refractivity contribution in [3.63, 3.8) is 0 Å². The van der Waals surface area contributed by atoms with Crippen LogP contribution in [0.4, 0.5) is 12.9 Å². The summed E-state index contributed by atoms with van der Waals surface area (Å²) >= 11 is 10.1. The zero-order valence-corrected chi connectivity index (χ0v) is 10.1. The van der Waals surface area contributed by atoms with Crippen LogP contribution in [0.3, 0.4) is 0 Å². The van der Waals surface area contributed by atoms with Crippen molar-refractivity contribution in [1.82, 2.24) is 0 Å². The van der Waals surface area contributed by atoms with Crippen LogP contribution < -0.4 is 51.4 Å². The fraction of sp³-hybridized carbons (Fsp3) is 1.00. The summed E-state index contributed by atoms with van der Waals surface area (Å²) in [7, 11) is 0. The Balaban J connectivity index is 0. The van der Waals surface area contributed by atoms with Gasteiger partial charge in [-0.25, -0.2) is 0 Å². The van der Waals surface area contributed by atoms with Crippen LogP contribution in [0.2, 0.25) is 6.32 Å². The van der Waals surface area contributed by atoms with E-state index in [1.807, 2.05) is 0 Å². The van der Waals surface area contributed by atoms with Crippen LogP contribution in [0, 0.1) is 0 Å². The summed E-state index contributed by atoms with van der Waals surface area (Å²) in [4.78, 5) is -0.895. The van der Waals surface area contributed by atoms with E-state index < -0.39 is 18.1 Å².